The SMILES string of the molecule is CC1(C(N)c2ccc3c(c2)CCO3)CCCO1. The van der Waals surface area contributed by atoms with Crippen LogP contribution in [0.3, 0.4) is 0 Å². The molecule has 2 N–H and O–H groups in total. The van der Waals surface area contributed by atoms with E-state index in [9.17, 15) is 0 Å². The van der Waals surface area contributed by atoms with Crippen molar-refractivity contribution in [2.75, 3.05) is 13.2 Å². The summed E-state index contributed by atoms with van der Waals surface area (Å²) in [4.78, 5) is 0. The summed E-state index contributed by atoms with van der Waals surface area (Å²) in [6.07, 6.45) is 3.15. The Hall–Kier alpha value is -1.06. The second-order valence-electron chi connectivity index (χ2n) is 5.21. The molecule has 1 aromatic rings. The van der Waals surface area contributed by atoms with Crippen LogP contribution in [0.15, 0.2) is 18.2 Å². The Morgan fingerprint density at radius 2 is 2.24 bits per heavy atom. The van der Waals surface area contributed by atoms with Crippen molar-refractivity contribution < 1.29 is 9.47 Å². The highest BCUT2D eigenvalue weighted by molar-refractivity contribution is 5.41. The van der Waals surface area contributed by atoms with E-state index in [0.29, 0.717) is 0 Å². The summed E-state index contributed by atoms with van der Waals surface area (Å²) in [6, 6.07) is 6.24. The van der Waals surface area contributed by atoms with Crippen LogP contribution in [0, 0.1) is 0 Å². The van der Waals surface area contributed by atoms with Crippen molar-refractivity contribution in [3.05, 3.63) is 29.3 Å². The third kappa shape index (κ3) is 1.83. The van der Waals surface area contributed by atoms with E-state index in [1.54, 1.807) is 0 Å². The average Bonchev–Trinajstić information content (AvgIpc) is 2.96. The molecule has 2 unspecified atom stereocenters. The summed E-state index contributed by atoms with van der Waals surface area (Å²) >= 11 is 0. The van der Waals surface area contributed by atoms with Gasteiger partial charge in [0.2, 0.25) is 0 Å². The lowest BCUT2D eigenvalue weighted by Crippen LogP contribution is -2.37. The van der Waals surface area contributed by atoms with Crippen molar-refractivity contribution in [1.82, 2.24) is 0 Å². The van der Waals surface area contributed by atoms with E-state index in [2.05, 4.69) is 19.1 Å². The standard InChI is InChI=1S/C14H19NO2/c1-14(6-2-7-17-14)13(15)11-3-4-12-10(9-11)5-8-16-12/h3-4,9,13H,2,5-8,15H2,1H3. The molecule has 1 fully saturated rings. The molecule has 17 heavy (non-hydrogen) atoms. The number of rotatable bonds is 2. The van der Waals surface area contributed by atoms with Crippen LogP contribution in [-0.4, -0.2) is 18.8 Å². The van der Waals surface area contributed by atoms with Gasteiger partial charge in [0.15, 0.2) is 0 Å². The molecule has 92 valence electrons. The zero-order chi connectivity index (χ0) is 11.9. The molecule has 0 aromatic heterocycles. The molecular formula is C14H19NO2. The first-order chi connectivity index (χ1) is 8.19. The van der Waals surface area contributed by atoms with Gasteiger partial charge in [0, 0.05) is 13.0 Å². The van der Waals surface area contributed by atoms with Crippen LogP contribution >= 0.6 is 0 Å². The Morgan fingerprint density at radius 3 is 3.00 bits per heavy atom. The molecule has 3 heteroatoms. The molecule has 3 rings (SSSR count). The first kappa shape index (κ1) is 11.1. The second kappa shape index (κ2) is 4.00. The largest absolute Gasteiger partial charge is 0.493 e. The monoisotopic (exact) mass is 233 g/mol. The number of benzene rings is 1. The van der Waals surface area contributed by atoms with Crippen LogP contribution in [0.25, 0.3) is 0 Å². The summed E-state index contributed by atoms with van der Waals surface area (Å²) in [5.74, 6) is 1.01. The van der Waals surface area contributed by atoms with Gasteiger partial charge in [-0.15, -0.1) is 0 Å². The van der Waals surface area contributed by atoms with Gasteiger partial charge in [-0.3, -0.25) is 0 Å². The van der Waals surface area contributed by atoms with E-state index in [4.69, 9.17) is 15.2 Å². The Balaban J connectivity index is 1.88. The van der Waals surface area contributed by atoms with Crippen LogP contribution in [0.5, 0.6) is 5.75 Å². The van der Waals surface area contributed by atoms with Gasteiger partial charge < -0.3 is 15.2 Å². The maximum Gasteiger partial charge on any atom is 0.122 e. The molecule has 2 aliphatic rings. The minimum absolute atomic E-state index is 0.0455. The molecule has 0 aliphatic carbocycles. The number of ether oxygens (including phenoxy) is 2. The lowest BCUT2D eigenvalue weighted by molar-refractivity contribution is -0.00174. The summed E-state index contributed by atoms with van der Waals surface area (Å²) < 4.78 is 11.3. The van der Waals surface area contributed by atoms with E-state index in [0.717, 1.165) is 38.2 Å². The van der Waals surface area contributed by atoms with Gasteiger partial charge in [-0.1, -0.05) is 12.1 Å². The van der Waals surface area contributed by atoms with Crippen molar-refractivity contribution >= 4 is 0 Å². The molecule has 0 spiro atoms. The van der Waals surface area contributed by atoms with Crippen molar-refractivity contribution in [1.29, 1.82) is 0 Å². The Morgan fingerprint density at radius 1 is 1.35 bits per heavy atom. The van der Waals surface area contributed by atoms with Gasteiger partial charge in [-0.2, -0.15) is 0 Å². The van der Waals surface area contributed by atoms with E-state index in [-0.39, 0.29) is 11.6 Å². The smallest absolute Gasteiger partial charge is 0.122 e. The fourth-order valence-corrected chi connectivity index (χ4v) is 2.80. The van der Waals surface area contributed by atoms with Gasteiger partial charge in [-0.05, 0) is 37.0 Å². The van der Waals surface area contributed by atoms with Crippen LogP contribution in [0.2, 0.25) is 0 Å². The predicted octanol–water partition coefficient (Wildman–Crippen LogP) is 2.19. The van der Waals surface area contributed by atoms with Crippen LogP contribution < -0.4 is 10.5 Å². The van der Waals surface area contributed by atoms with Gasteiger partial charge in [0.1, 0.15) is 5.75 Å². The molecule has 2 atom stereocenters. The highest BCUT2D eigenvalue weighted by atomic mass is 16.5. The normalized spacial score (nSPS) is 28.8. The van der Waals surface area contributed by atoms with Crippen LogP contribution in [-0.2, 0) is 11.2 Å². The van der Waals surface area contributed by atoms with E-state index in [1.807, 2.05) is 6.07 Å². The fourth-order valence-electron chi connectivity index (χ4n) is 2.80. The van der Waals surface area contributed by atoms with Crippen molar-refractivity contribution in [2.24, 2.45) is 5.73 Å². The van der Waals surface area contributed by atoms with Crippen LogP contribution in [0.1, 0.15) is 36.9 Å². The molecule has 0 saturated carbocycles. The third-order valence-corrected chi connectivity index (χ3v) is 3.98. The zero-order valence-electron chi connectivity index (χ0n) is 10.2. The minimum atomic E-state index is -0.201. The molecule has 2 heterocycles. The van der Waals surface area contributed by atoms with Crippen LogP contribution in [0.4, 0.5) is 0 Å². The molecule has 1 saturated heterocycles. The van der Waals surface area contributed by atoms with E-state index >= 15 is 0 Å². The van der Waals surface area contributed by atoms with E-state index < -0.39 is 0 Å². The second-order valence-corrected chi connectivity index (χ2v) is 5.21. The molecule has 1 aromatic carbocycles. The first-order valence-electron chi connectivity index (χ1n) is 6.34. The number of hydrogen-bond donors (Lipinski definition) is 1. The van der Waals surface area contributed by atoms with Gasteiger partial charge in [-0.25, -0.2) is 0 Å². The predicted molar refractivity (Wildman–Crippen MR) is 66.2 cm³/mol. The molecule has 0 bridgehead atoms. The topological polar surface area (TPSA) is 44.5 Å². The zero-order valence-corrected chi connectivity index (χ0v) is 10.2. The first-order valence-corrected chi connectivity index (χ1v) is 6.34. The Labute approximate surface area is 102 Å². The summed E-state index contributed by atoms with van der Waals surface area (Å²) in [7, 11) is 0. The maximum absolute atomic E-state index is 6.36. The van der Waals surface area contributed by atoms with E-state index in [1.165, 1.54) is 11.1 Å². The number of hydrogen-bond acceptors (Lipinski definition) is 3. The molecule has 3 nitrogen and oxygen atoms in total. The lowest BCUT2D eigenvalue weighted by Gasteiger charge is -2.30. The van der Waals surface area contributed by atoms with Crippen molar-refractivity contribution in [3.63, 3.8) is 0 Å². The lowest BCUT2D eigenvalue weighted by atomic mass is 9.87. The van der Waals surface area contributed by atoms with Crippen molar-refractivity contribution in [3.8, 4) is 5.75 Å². The third-order valence-electron chi connectivity index (χ3n) is 3.98. The Bertz CT molecular complexity index is 424. The summed E-state index contributed by atoms with van der Waals surface area (Å²) in [5, 5.41) is 0. The van der Waals surface area contributed by atoms with Gasteiger partial charge in [0.25, 0.3) is 0 Å². The number of nitrogens with two attached hydrogens (primary N) is 1. The summed E-state index contributed by atoms with van der Waals surface area (Å²) in [5.41, 5.74) is 8.60. The summed E-state index contributed by atoms with van der Waals surface area (Å²) in [6.45, 7) is 3.74. The minimum Gasteiger partial charge on any atom is -0.493 e. The quantitative estimate of drug-likeness (QED) is 0.851. The average molecular weight is 233 g/mol. The number of fused-ring (bicyclic) bond motifs is 1. The molecule has 0 amide bonds. The molecule has 2 aliphatic heterocycles. The fraction of sp³-hybridized carbons (Fsp3) is 0.571. The van der Waals surface area contributed by atoms with Crippen molar-refractivity contribution in [2.45, 2.75) is 37.8 Å². The Kier molecular flexibility index (Phi) is 2.60. The van der Waals surface area contributed by atoms with Gasteiger partial charge >= 0.3 is 0 Å². The highest BCUT2D eigenvalue weighted by Crippen LogP contribution is 2.37. The van der Waals surface area contributed by atoms with Gasteiger partial charge in [0.05, 0.1) is 18.2 Å². The maximum atomic E-state index is 6.36. The molecule has 0 radical (unpaired) electrons. The highest BCUT2D eigenvalue weighted by Gasteiger charge is 2.37. The molecular weight excluding hydrogens is 214 g/mol.